The lowest BCUT2D eigenvalue weighted by atomic mass is 10.1. The highest BCUT2D eigenvalue weighted by Crippen LogP contribution is 2.37. The standard InChI is InChI=1S/C33H26N4O2S/c1-3-20-36-32(38)30(40-33(36)34-29-15-9-11-23-10-7-8-14-28(23)29)21-25-22-37(26-12-5-4-6-13-26)35-31(25)24-16-18-27(39-2)19-17-24/h3-19,21-22H,1,20H2,2H3/b30-21+,34-33?. The lowest BCUT2D eigenvalue weighted by Gasteiger charge is -2.13. The molecule has 2 heterocycles. The maximum Gasteiger partial charge on any atom is 0.267 e. The first kappa shape index (κ1) is 25.4. The van der Waals surface area contributed by atoms with E-state index in [9.17, 15) is 4.79 Å². The van der Waals surface area contributed by atoms with Gasteiger partial charge in [-0.15, -0.1) is 6.58 Å². The van der Waals surface area contributed by atoms with Crippen molar-refractivity contribution in [3.05, 3.63) is 126 Å². The van der Waals surface area contributed by atoms with E-state index in [-0.39, 0.29) is 5.91 Å². The highest BCUT2D eigenvalue weighted by Gasteiger charge is 2.33. The number of nitrogens with zero attached hydrogens (tertiary/aromatic N) is 4. The molecular formula is C33H26N4O2S. The fraction of sp³-hybridized carbons (Fsp3) is 0.0606. The molecule has 0 atom stereocenters. The minimum atomic E-state index is -0.114. The van der Waals surface area contributed by atoms with Crippen LogP contribution in [0.25, 0.3) is 33.8 Å². The zero-order chi connectivity index (χ0) is 27.5. The number of hydrogen-bond acceptors (Lipinski definition) is 5. The van der Waals surface area contributed by atoms with Gasteiger partial charge in [-0.25, -0.2) is 9.67 Å². The van der Waals surface area contributed by atoms with E-state index in [4.69, 9.17) is 14.8 Å². The van der Waals surface area contributed by atoms with Gasteiger partial charge in [-0.05, 0) is 65.7 Å². The summed E-state index contributed by atoms with van der Waals surface area (Å²) in [6.45, 7) is 4.23. The third-order valence-electron chi connectivity index (χ3n) is 6.60. The summed E-state index contributed by atoms with van der Waals surface area (Å²) in [5.41, 5.74) is 4.26. The minimum absolute atomic E-state index is 0.114. The van der Waals surface area contributed by atoms with Gasteiger partial charge in [0, 0.05) is 29.3 Å². The second kappa shape index (κ2) is 11.1. The fourth-order valence-corrected chi connectivity index (χ4v) is 5.60. The van der Waals surface area contributed by atoms with Crippen LogP contribution in [0, 0.1) is 0 Å². The zero-order valence-corrected chi connectivity index (χ0v) is 22.7. The molecule has 1 aliphatic rings. The van der Waals surface area contributed by atoms with Crippen molar-refractivity contribution in [2.75, 3.05) is 13.7 Å². The van der Waals surface area contributed by atoms with Crippen molar-refractivity contribution in [1.29, 1.82) is 0 Å². The number of benzene rings is 4. The molecule has 0 unspecified atom stereocenters. The summed E-state index contributed by atoms with van der Waals surface area (Å²) in [5, 5.41) is 7.65. The number of amides is 1. The summed E-state index contributed by atoms with van der Waals surface area (Å²) < 4.78 is 7.18. The number of aliphatic imine (C=N–C) groups is 1. The number of amidine groups is 1. The summed E-state index contributed by atoms with van der Waals surface area (Å²) in [6, 6.07) is 31.8. The van der Waals surface area contributed by atoms with Crippen LogP contribution in [0.4, 0.5) is 5.69 Å². The molecule has 7 heteroatoms. The predicted molar refractivity (Wildman–Crippen MR) is 164 cm³/mol. The SMILES string of the molecule is C=CCN1C(=O)/C(=C\c2cn(-c3ccccc3)nc2-c2ccc(OC)cc2)SC1=Nc1cccc2ccccc12. The normalized spacial score (nSPS) is 15.3. The van der Waals surface area contributed by atoms with Gasteiger partial charge in [0.05, 0.1) is 29.1 Å². The van der Waals surface area contributed by atoms with Crippen molar-refractivity contribution in [1.82, 2.24) is 14.7 Å². The van der Waals surface area contributed by atoms with Gasteiger partial charge < -0.3 is 4.74 Å². The van der Waals surface area contributed by atoms with Gasteiger partial charge >= 0.3 is 0 Å². The minimum Gasteiger partial charge on any atom is -0.497 e. The number of aromatic nitrogens is 2. The van der Waals surface area contributed by atoms with Gasteiger partial charge in [0.15, 0.2) is 5.17 Å². The second-order valence-corrected chi connectivity index (χ2v) is 10.2. The van der Waals surface area contributed by atoms with Crippen LogP contribution >= 0.6 is 11.8 Å². The van der Waals surface area contributed by atoms with E-state index in [1.807, 2.05) is 102 Å². The van der Waals surface area contributed by atoms with Crippen molar-refractivity contribution < 1.29 is 9.53 Å². The Morgan fingerprint density at radius 3 is 2.48 bits per heavy atom. The molecule has 1 amide bonds. The lowest BCUT2D eigenvalue weighted by Crippen LogP contribution is -2.29. The van der Waals surface area contributed by atoms with Crippen LogP contribution in [-0.4, -0.2) is 39.4 Å². The van der Waals surface area contributed by atoms with Gasteiger partial charge in [0.2, 0.25) is 0 Å². The zero-order valence-electron chi connectivity index (χ0n) is 21.9. The molecule has 1 fully saturated rings. The van der Waals surface area contributed by atoms with Crippen LogP contribution in [0.2, 0.25) is 0 Å². The number of methoxy groups -OCH3 is 1. The van der Waals surface area contributed by atoms with E-state index in [0.29, 0.717) is 16.6 Å². The summed E-state index contributed by atoms with van der Waals surface area (Å²) in [4.78, 5) is 20.8. The molecule has 0 spiro atoms. The summed E-state index contributed by atoms with van der Waals surface area (Å²) in [5.74, 6) is 0.652. The number of para-hydroxylation sites is 1. The molecule has 0 aliphatic carbocycles. The van der Waals surface area contributed by atoms with E-state index in [2.05, 4.69) is 18.7 Å². The number of fused-ring (bicyclic) bond motifs is 1. The van der Waals surface area contributed by atoms with Crippen LogP contribution in [0.5, 0.6) is 5.75 Å². The van der Waals surface area contributed by atoms with Crippen LogP contribution in [0.15, 0.2) is 126 Å². The Bertz CT molecular complexity index is 1770. The van der Waals surface area contributed by atoms with E-state index >= 15 is 0 Å². The summed E-state index contributed by atoms with van der Waals surface area (Å²) in [6.07, 6.45) is 5.57. The molecular weight excluding hydrogens is 516 g/mol. The van der Waals surface area contributed by atoms with Gasteiger partial charge in [-0.3, -0.25) is 9.69 Å². The van der Waals surface area contributed by atoms with E-state index in [0.717, 1.165) is 44.7 Å². The number of ether oxygens (including phenoxy) is 1. The highest BCUT2D eigenvalue weighted by atomic mass is 32.2. The van der Waals surface area contributed by atoms with Gasteiger partial charge in [-0.1, -0.05) is 60.7 Å². The van der Waals surface area contributed by atoms with Gasteiger partial charge in [0.1, 0.15) is 5.75 Å². The predicted octanol–water partition coefficient (Wildman–Crippen LogP) is 7.49. The Labute approximate surface area is 236 Å². The second-order valence-electron chi connectivity index (χ2n) is 9.15. The monoisotopic (exact) mass is 542 g/mol. The molecule has 0 radical (unpaired) electrons. The quantitative estimate of drug-likeness (QED) is 0.158. The molecule has 6 nitrogen and oxygen atoms in total. The largest absolute Gasteiger partial charge is 0.497 e. The smallest absolute Gasteiger partial charge is 0.267 e. The molecule has 0 N–H and O–H groups in total. The number of carbonyl (C=O) groups is 1. The Morgan fingerprint density at radius 1 is 0.950 bits per heavy atom. The van der Waals surface area contributed by atoms with Crippen molar-refractivity contribution in [2.24, 2.45) is 4.99 Å². The molecule has 40 heavy (non-hydrogen) atoms. The van der Waals surface area contributed by atoms with Crippen LogP contribution in [0.3, 0.4) is 0 Å². The van der Waals surface area contributed by atoms with Crippen LogP contribution in [0.1, 0.15) is 5.56 Å². The Hall–Kier alpha value is -4.88. The summed E-state index contributed by atoms with van der Waals surface area (Å²) in [7, 11) is 1.64. The maximum atomic E-state index is 13.6. The fourth-order valence-electron chi connectivity index (χ4n) is 4.61. The first-order valence-electron chi connectivity index (χ1n) is 12.8. The molecule has 4 aromatic carbocycles. The first-order chi connectivity index (χ1) is 19.6. The molecule has 196 valence electrons. The molecule has 6 rings (SSSR count). The first-order valence-corrected chi connectivity index (χ1v) is 13.6. The Balaban J connectivity index is 1.44. The van der Waals surface area contributed by atoms with Crippen molar-refractivity contribution in [3.63, 3.8) is 0 Å². The van der Waals surface area contributed by atoms with Crippen molar-refractivity contribution in [3.8, 4) is 22.7 Å². The highest BCUT2D eigenvalue weighted by molar-refractivity contribution is 8.18. The van der Waals surface area contributed by atoms with Crippen LogP contribution in [-0.2, 0) is 4.79 Å². The molecule has 1 saturated heterocycles. The maximum absolute atomic E-state index is 13.6. The van der Waals surface area contributed by atoms with Gasteiger partial charge in [0.25, 0.3) is 5.91 Å². The molecule has 1 aromatic heterocycles. The Kier molecular flexibility index (Phi) is 7.04. The summed E-state index contributed by atoms with van der Waals surface area (Å²) >= 11 is 1.36. The van der Waals surface area contributed by atoms with Gasteiger partial charge in [-0.2, -0.15) is 5.10 Å². The molecule has 1 aliphatic heterocycles. The number of thioether (sulfide) groups is 1. The lowest BCUT2D eigenvalue weighted by molar-refractivity contribution is -0.121. The average molecular weight is 543 g/mol. The van der Waals surface area contributed by atoms with E-state index in [1.54, 1.807) is 18.1 Å². The third-order valence-corrected chi connectivity index (χ3v) is 7.60. The average Bonchev–Trinajstić information content (AvgIpc) is 3.55. The van der Waals surface area contributed by atoms with Crippen molar-refractivity contribution >= 4 is 45.4 Å². The van der Waals surface area contributed by atoms with Crippen LogP contribution < -0.4 is 4.74 Å². The molecule has 0 saturated carbocycles. The van der Waals surface area contributed by atoms with E-state index in [1.165, 1.54) is 11.8 Å². The number of hydrogen-bond donors (Lipinski definition) is 0. The third kappa shape index (κ3) is 4.95. The Morgan fingerprint density at radius 2 is 1.70 bits per heavy atom. The number of carbonyl (C=O) groups excluding carboxylic acids is 1. The molecule has 0 bridgehead atoms. The van der Waals surface area contributed by atoms with E-state index < -0.39 is 0 Å². The van der Waals surface area contributed by atoms with Crippen molar-refractivity contribution in [2.45, 2.75) is 0 Å². The molecule has 5 aromatic rings. The topological polar surface area (TPSA) is 59.7 Å². The number of rotatable bonds is 7.